The lowest BCUT2D eigenvalue weighted by molar-refractivity contribution is -0.137. The number of amides is 2. The molecule has 0 atom stereocenters. The molecule has 2 aromatic rings. The number of rotatable bonds is 7. The van der Waals surface area contributed by atoms with Gasteiger partial charge in [-0.3, -0.25) is 14.5 Å². The summed E-state index contributed by atoms with van der Waals surface area (Å²) in [6.07, 6.45) is 0.0623. The second-order valence-electron chi connectivity index (χ2n) is 7.57. The van der Waals surface area contributed by atoms with Crippen LogP contribution in [0, 0.1) is 5.92 Å². The van der Waals surface area contributed by atoms with Crippen LogP contribution in [0.3, 0.4) is 0 Å². The number of carbonyl (C=O) groups is 2. The van der Waals surface area contributed by atoms with Gasteiger partial charge in [0.1, 0.15) is 5.75 Å². The highest BCUT2D eigenvalue weighted by Gasteiger charge is 2.39. The summed E-state index contributed by atoms with van der Waals surface area (Å²) in [5, 5.41) is 0.625. The highest BCUT2D eigenvalue weighted by molar-refractivity contribution is 8.04. The molecule has 3 rings (SSSR count). The number of ether oxygens (including phenoxy) is 1. The van der Waals surface area contributed by atoms with Gasteiger partial charge < -0.3 is 4.74 Å². The van der Waals surface area contributed by atoms with Crippen molar-refractivity contribution in [1.82, 2.24) is 4.90 Å². The van der Waals surface area contributed by atoms with Crippen LogP contribution in [0.25, 0.3) is 5.57 Å². The SMILES string of the molecule is CC(C)CN1C(=O)C(Sc2ccc(Cl)cc2)=C(c2ccc(OC(C)C)cc2)C1=O. The second kappa shape index (κ2) is 9.06. The molecule has 1 aliphatic rings. The predicted octanol–water partition coefficient (Wildman–Crippen LogP) is 5.66. The minimum atomic E-state index is -0.252. The lowest BCUT2D eigenvalue weighted by Gasteiger charge is -2.17. The average molecular weight is 430 g/mol. The molecule has 0 fully saturated rings. The van der Waals surface area contributed by atoms with Gasteiger partial charge in [-0.15, -0.1) is 0 Å². The van der Waals surface area contributed by atoms with Gasteiger partial charge in [-0.25, -0.2) is 0 Å². The molecule has 0 bridgehead atoms. The normalized spacial score (nSPS) is 14.5. The van der Waals surface area contributed by atoms with Gasteiger partial charge >= 0.3 is 0 Å². The van der Waals surface area contributed by atoms with Crippen molar-refractivity contribution in [3.8, 4) is 5.75 Å². The molecule has 4 nitrogen and oxygen atoms in total. The molecule has 152 valence electrons. The van der Waals surface area contributed by atoms with Crippen LogP contribution in [0.4, 0.5) is 0 Å². The van der Waals surface area contributed by atoms with Gasteiger partial charge in [0.05, 0.1) is 16.6 Å². The zero-order valence-electron chi connectivity index (χ0n) is 16.9. The van der Waals surface area contributed by atoms with Crippen molar-refractivity contribution >= 4 is 40.8 Å². The minimum absolute atomic E-state index is 0.0623. The molecular formula is C23H24ClNO3S. The lowest BCUT2D eigenvalue weighted by atomic mass is 10.1. The summed E-state index contributed by atoms with van der Waals surface area (Å²) in [6.45, 7) is 8.28. The topological polar surface area (TPSA) is 46.6 Å². The standard InChI is InChI=1S/C23H24ClNO3S/c1-14(2)13-25-22(26)20(16-5-9-18(10-6-16)28-15(3)4)21(23(25)27)29-19-11-7-17(24)8-12-19/h5-12,14-15H,13H2,1-4H3. The Balaban J connectivity index is 2.00. The molecule has 0 aromatic heterocycles. The van der Waals surface area contributed by atoms with E-state index in [0.717, 1.165) is 10.6 Å². The Morgan fingerprint density at radius 1 is 0.931 bits per heavy atom. The van der Waals surface area contributed by atoms with Crippen molar-refractivity contribution in [1.29, 1.82) is 0 Å². The molecule has 0 aliphatic carbocycles. The van der Waals surface area contributed by atoms with Gasteiger partial charge in [0.2, 0.25) is 0 Å². The van der Waals surface area contributed by atoms with Crippen molar-refractivity contribution in [2.75, 3.05) is 6.54 Å². The Hall–Kier alpha value is -2.24. The zero-order valence-corrected chi connectivity index (χ0v) is 18.5. The molecule has 0 saturated carbocycles. The summed E-state index contributed by atoms with van der Waals surface area (Å²) in [5.74, 6) is 0.414. The van der Waals surface area contributed by atoms with Crippen molar-refractivity contribution < 1.29 is 14.3 Å². The first-order valence-electron chi connectivity index (χ1n) is 9.57. The first-order valence-corrected chi connectivity index (χ1v) is 10.8. The van der Waals surface area contributed by atoms with Crippen molar-refractivity contribution in [3.63, 3.8) is 0 Å². The summed E-state index contributed by atoms with van der Waals surface area (Å²) in [5.41, 5.74) is 1.15. The molecule has 1 aliphatic heterocycles. The molecule has 0 radical (unpaired) electrons. The highest BCUT2D eigenvalue weighted by atomic mass is 35.5. The van der Waals surface area contributed by atoms with Gasteiger partial charge in [0, 0.05) is 16.5 Å². The Bertz CT molecular complexity index is 934. The van der Waals surface area contributed by atoms with Gasteiger partial charge in [-0.2, -0.15) is 0 Å². The van der Waals surface area contributed by atoms with Crippen LogP contribution in [0.15, 0.2) is 58.3 Å². The summed E-state index contributed by atoms with van der Waals surface area (Å²) in [4.78, 5) is 28.9. The molecular weight excluding hydrogens is 406 g/mol. The number of thioether (sulfide) groups is 1. The maximum absolute atomic E-state index is 13.2. The second-order valence-corrected chi connectivity index (χ2v) is 9.09. The van der Waals surface area contributed by atoms with Crippen LogP contribution < -0.4 is 4.74 Å². The van der Waals surface area contributed by atoms with Gasteiger partial charge in [-0.1, -0.05) is 49.3 Å². The third kappa shape index (κ3) is 5.03. The van der Waals surface area contributed by atoms with Crippen LogP contribution in [0.2, 0.25) is 5.02 Å². The number of hydrogen-bond donors (Lipinski definition) is 0. The number of hydrogen-bond acceptors (Lipinski definition) is 4. The quantitative estimate of drug-likeness (QED) is 0.533. The largest absolute Gasteiger partial charge is 0.491 e. The van der Waals surface area contributed by atoms with E-state index in [1.807, 2.05) is 64.1 Å². The van der Waals surface area contributed by atoms with E-state index in [1.165, 1.54) is 16.7 Å². The van der Waals surface area contributed by atoms with Crippen LogP contribution in [0.1, 0.15) is 33.3 Å². The first-order chi connectivity index (χ1) is 13.8. The van der Waals surface area contributed by atoms with E-state index < -0.39 is 0 Å². The molecule has 2 aromatic carbocycles. The highest BCUT2D eigenvalue weighted by Crippen LogP contribution is 2.40. The predicted molar refractivity (Wildman–Crippen MR) is 118 cm³/mol. The van der Waals surface area contributed by atoms with E-state index >= 15 is 0 Å². The van der Waals surface area contributed by atoms with Crippen LogP contribution in [-0.4, -0.2) is 29.4 Å². The summed E-state index contributed by atoms with van der Waals surface area (Å²) < 4.78 is 5.69. The fraction of sp³-hybridized carbons (Fsp3) is 0.304. The van der Waals surface area contributed by atoms with Gasteiger partial charge in [0.15, 0.2) is 0 Å². The fourth-order valence-corrected chi connectivity index (χ4v) is 4.17. The number of benzene rings is 2. The van der Waals surface area contributed by atoms with E-state index in [4.69, 9.17) is 16.3 Å². The number of carbonyl (C=O) groups excluding carboxylic acids is 2. The smallest absolute Gasteiger partial charge is 0.268 e. The molecule has 6 heteroatoms. The van der Waals surface area contributed by atoms with Crippen LogP contribution in [0.5, 0.6) is 5.75 Å². The summed E-state index contributed by atoms with van der Waals surface area (Å²) in [6, 6.07) is 14.6. The van der Waals surface area contributed by atoms with E-state index in [1.54, 1.807) is 12.1 Å². The number of imide groups is 1. The molecule has 0 unspecified atom stereocenters. The third-order valence-electron chi connectivity index (χ3n) is 4.22. The van der Waals surface area contributed by atoms with E-state index in [-0.39, 0.29) is 23.8 Å². The molecule has 0 spiro atoms. The Morgan fingerprint density at radius 2 is 1.55 bits per heavy atom. The summed E-state index contributed by atoms with van der Waals surface area (Å²) >= 11 is 7.27. The molecule has 2 amide bonds. The number of nitrogens with zero attached hydrogens (tertiary/aromatic N) is 1. The van der Waals surface area contributed by atoms with Crippen LogP contribution >= 0.6 is 23.4 Å². The van der Waals surface area contributed by atoms with Gasteiger partial charge in [0.25, 0.3) is 11.8 Å². The monoisotopic (exact) mass is 429 g/mol. The summed E-state index contributed by atoms with van der Waals surface area (Å²) in [7, 11) is 0. The molecule has 1 heterocycles. The Kier molecular flexibility index (Phi) is 6.70. The molecule has 0 saturated heterocycles. The zero-order chi connectivity index (χ0) is 21.1. The van der Waals surface area contributed by atoms with Crippen molar-refractivity contribution in [2.45, 2.75) is 38.7 Å². The third-order valence-corrected chi connectivity index (χ3v) is 5.56. The maximum Gasteiger partial charge on any atom is 0.268 e. The van der Waals surface area contributed by atoms with Crippen LogP contribution in [-0.2, 0) is 9.59 Å². The van der Waals surface area contributed by atoms with Crippen molar-refractivity contribution in [2.24, 2.45) is 5.92 Å². The first kappa shape index (κ1) is 21.5. The average Bonchev–Trinajstić information content (AvgIpc) is 2.88. The Labute approximate surface area is 180 Å². The maximum atomic E-state index is 13.2. The van der Waals surface area contributed by atoms with Gasteiger partial charge in [-0.05, 0) is 61.7 Å². The van der Waals surface area contributed by atoms with E-state index in [2.05, 4.69) is 0 Å². The fourth-order valence-electron chi connectivity index (χ4n) is 3.03. The molecule has 29 heavy (non-hydrogen) atoms. The lowest BCUT2D eigenvalue weighted by Crippen LogP contribution is -2.34. The minimum Gasteiger partial charge on any atom is -0.491 e. The number of halogens is 1. The van der Waals surface area contributed by atoms with E-state index in [9.17, 15) is 9.59 Å². The Morgan fingerprint density at radius 3 is 2.10 bits per heavy atom. The van der Waals surface area contributed by atoms with Crippen molar-refractivity contribution in [3.05, 3.63) is 64.0 Å². The van der Waals surface area contributed by atoms with E-state index in [0.29, 0.717) is 27.6 Å². The molecule has 0 N–H and O–H groups in total.